The lowest BCUT2D eigenvalue weighted by atomic mass is 9.34. The van der Waals surface area contributed by atoms with Crippen molar-refractivity contribution in [3.8, 4) is 45.3 Å². The number of fused-ring (bicyclic) bond motifs is 6. The zero-order valence-electron chi connectivity index (χ0n) is 32.0. The van der Waals surface area contributed by atoms with Crippen molar-refractivity contribution in [1.82, 2.24) is 0 Å². The fraction of sp³-hybridized carbons (Fsp3) is 0. The summed E-state index contributed by atoms with van der Waals surface area (Å²) in [5.74, 6) is 3.35. The molecule has 0 saturated carbocycles. The van der Waals surface area contributed by atoms with Gasteiger partial charge in [-0.3, -0.25) is 0 Å². The van der Waals surface area contributed by atoms with E-state index in [9.17, 15) is 0 Å². The van der Waals surface area contributed by atoms with Gasteiger partial charge in [0.25, 0.3) is 6.71 Å². The Kier molecular flexibility index (Phi) is 7.72. The van der Waals surface area contributed by atoms with Crippen molar-refractivity contribution in [2.24, 2.45) is 0 Å². The predicted octanol–water partition coefficient (Wildman–Crippen LogP) is 12.9. The molecule has 0 fully saturated rings. The highest BCUT2D eigenvalue weighted by atomic mass is 32.3. The van der Waals surface area contributed by atoms with Gasteiger partial charge < -0.3 is 14.4 Å². The second-order valence-electron chi connectivity index (χ2n) is 15.2. The fourth-order valence-electron chi connectivity index (χ4n) is 9.48. The molecule has 0 bridgehead atoms. The highest BCUT2D eigenvalue weighted by molar-refractivity contribution is 8.34. The fourth-order valence-corrected chi connectivity index (χ4v) is 13.6. The van der Waals surface area contributed by atoms with Crippen LogP contribution in [0.3, 0.4) is 0 Å². The minimum absolute atomic E-state index is 0.131. The molecule has 5 heteroatoms. The van der Waals surface area contributed by atoms with Crippen LogP contribution < -0.4 is 30.8 Å². The first-order valence-corrected chi connectivity index (χ1v) is 21.7. The van der Waals surface area contributed by atoms with Crippen LogP contribution in [0.25, 0.3) is 22.3 Å². The van der Waals surface area contributed by atoms with Gasteiger partial charge in [-0.25, -0.2) is 0 Å². The molecule has 0 saturated heterocycles. The third kappa shape index (κ3) is 5.11. The van der Waals surface area contributed by atoms with E-state index >= 15 is 0 Å². The molecule has 0 unspecified atom stereocenters. The van der Waals surface area contributed by atoms with E-state index in [1.807, 2.05) is 0 Å². The monoisotopic (exact) mass is 773 g/mol. The van der Waals surface area contributed by atoms with E-state index in [-0.39, 0.29) is 6.71 Å². The van der Waals surface area contributed by atoms with Crippen LogP contribution in [0.15, 0.2) is 238 Å². The first-order chi connectivity index (χ1) is 29.3. The average Bonchev–Trinajstić information content (AvgIpc) is 3.32. The maximum absolute atomic E-state index is 7.27. The second-order valence-corrected chi connectivity index (χ2v) is 18.3. The zero-order chi connectivity index (χ0) is 38.9. The zero-order valence-corrected chi connectivity index (χ0v) is 32.9. The van der Waals surface area contributed by atoms with Gasteiger partial charge in [-0.1, -0.05) is 146 Å². The number of para-hydroxylation sites is 2. The first-order valence-electron chi connectivity index (χ1n) is 20.1. The molecule has 0 atom stereocenters. The summed E-state index contributed by atoms with van der Waals surface area (Å²) in [7, 11) is -1.91. The van der Waals surface area contributed by atoms with Crippen LogP contribution in [-0.4, -0.2) is 6.71 Å². The van der Waals surface area contributed by atoms with E-state index in [4.69, 9.17) is 9.47 Å². The Morgan fingerprint density at radius 3 is 1.32 bits per heavy atom. The second kappa shape index (κ2) is 13.4. The molecule has 0 N–H and O–H groups in total. The molecule has 0 radical (unpaired) electrons. The van der Waals surface area contributed by atoms with Crippen LogP contribution in [-0.2, 0) is 0 Å². The number of rotatable bonds is 5. The maximum Gasteiger partial charge on any atom is 0.260 e. The number of nitrogens with zero attached hydrogens (tertiary/aromatic N) is 1. The molecule has 59 heavy (non-hydrogen) atoms. The van der Waals surface area contributed by atoms with Gasteiger partial charge in [-0.2, -0.15) is 0 Å². The SMILES string of the molecule is c1ccc(-c2ccc3c(c2)B2c4cc(-c5ccccc5)ccc4Oc4c(N5c6ccccc6S(c6ccccc6)(c6ccccc6)c6ccccc65)ccc(c42)O3)cc1. The van der Waals surface area contributed by atoms with Crippen molar-refractivity contribution < 1.29 is 9.47 Å². The van der Waals surface area contributed by atoms with Gasteiger partial charge in [-0.15, -0.1) is 10.0 Å². The van der Waals surface area contributed by atoms with Crippen LogP contribution in [0.2, 0.25) is 0 Å². The lowest BCUT2D eigenvalue weighted by Gasteiger charge is -2.50. The number of ether oxygens (including phenoxy) is 2. The van der Waals surface area contributed by atoms with E-state index in [0.717, 1.165) is 67.6 Å². The Bertz CT molecular complexity index is 2930. The van der Waals surface area contributed by atoms with Crippen LogP contribution >= 0.6 is 10.0 Å². The molecule has 0 aliphatic carbocycles. The summed E-state index contributed by atoms with van der Waals surface area (Å²) in [6.07, 6.45) is 0. The van der Waals surface area contributed by atoms with E-state index in [1.54, 1.807) is 0 Å². The summed E-state index contributed by atoms with van der Waals surface area (Å²) >= 11 is 0. The van der Waals surface area contributed by atoms with Gasteiger partial charge in [0.2, 0.25) is 0 Å². The first kappa shape index (κ1) is 33.9. The van der Waals surface area contributed by atoms with Gasteiger partial charge >= 0.3 is 0 Å². The van der Waals surface area contributed by atoms with Crippen LogP contribution in [0.4, 0.5) is 17.1 Å². The van der Waals surface area contributed by atoms with Crippen LogP contribution in [0.1, 0.15) is 0 Å². The molecule has 0 amide bonds. The van der Waals surface area contributed by atoms with Crippen LogP contribution in [0, 0.1) is 0 Å². The minimum Gasteiger partial charge on any atom is -0.458 e. The maximum atomic E-state index is 7.27. The summed E-state index contributed by atoms with van der Waals surface area (Å²) in [6, 6.07) is 79.0. The van der Waals surface area contributed by atoms with Crippen molar-refractivity contribution in [3.63, 3.8) is 0 Å². The predicted molar refractivity (Wildman–Crippen MR) is 243 cm³/mol. The summed E-state index contributed by atoms with van der Waals surface area (Å²) in [5, 5.41) is 0. The molecule has 9 aromatic rings. The van der Waals surface area contributed by atoms with Crippen LogP contribution in [0.5, 0.6) is 23.0 Å². The molecule has 3 aliphatic rings. The third-order valence-corrected chi connectivity index (χ3v) is 16.0. The summed E-state index contributed by atoms with van der Waals surface area (Å²) in [6.45, 7) is -0.131. The van der Waals surface area contributed by atoms with Crippen molar-refractivity contribution in [2.45, 2.75) is 19.6 Å². The molecule has 3 heterocycles. The third-order valence-electron chi connectivity index (χ3n) is 12.0. The van der Waals surface area contributed by atoms with Crippen molar-refractivity contribution >= 4 is 50.2 Å². The topological polar surface area (TPSA) is 21.7 Å². The number of benzene rings is 9. The van der Waals surface area contributed by atoms with Crippen molar-refractivity contribution in [3.05, 3.63) is 218 Å². The summed E-state index contributed by atoms with van der Waals surface area (Å²) < 4.78 is 14.1. The molecule has 0 spiro atoms. The molecule has 3 aliphatic heterocycles. The number of hydrogen-bond acceptors (Lipinski definition) is 3. The summed E-state index contributed by atoms with van der Waals surface area (Å²) in [4.78, 5) is 7.62. The molecule has 3 nitrogen and oxygen atoms in total. The highest BCUT2D eigenvalue weighted by Gasteiger charge is 2.46. The Hall–Kier alpha value is -7.21. The molecular weight excluding hydrogens is 737 g/mol. The van der Waals surface area contributed by atoms with E-state index in [0.29, 0.717) is 0 Å². The smallest absolute Gasteiger partial charge is 0.260 e. The van der Waals surface area contributed by atoms with Gasteiger partial charge in [0, 0.05) is 25.0 Å². The highest BCUT2D eigenvalue weighted by Crippen LogP contribution is 2.79. The Labute approximate surface area is 346 Å². The normalized spacial score (nSPS) is 14.3. The van der Waals surface area contributed by atoms with Crippen molar-refractivity contribution in [2.75, 3.05) is 4.90 Å². The number of anilines is 3. The van der Waals surface area contributed by atoms with E-state index in [2.05, 4.69) is 223 Å². The van der Waals surface area contributed by atoms with Gasteiger partial charge in [0.05, 0.1) is 17.1 Å². The van der Waals surface area contributed by atoms with E-state index < -0.39 is 10.0 Å². The minimum atomic E-state index is -1.91. The van der Waals surface area contributed by atoms with Crippen molar-refractivity contribution in [1.29, 1.82) is 0 Å². The van der Waals surface area contributed by atoms with Gasteiger partial charge in [0.1, 0.15) is 23.0 Å². The Morgan fingerprint density at radius 1 is 0.356 bits per heavy atom. The quantitative estimate of drug-likeness (QED) is 0.163. The number of hydrogen-bond donors (Lipinski definition) is 0. The molecule has 12 rings (SSSR count). The lowest BCUT2D eigenvalue weighted by molar-refractivity contribution is 0.465. The molecule has 278 valence electrons. The van der Waals surface area contributed by atoms with Gasteiger partial charge in [0.15, 0.2) is 0 Å². The average molecular weight is 774 g/mol. The van der Waals surface area contributed by atoms with E-state index in [1.165, 1.54) is 30.7 Å². The molecule has 0 aromatic heterocycles. The molecular formula is C54H36BNO2S. The largest absolute Gasteiger partial charge is 0.458 e. The Balaban J connectivity index is 1.12. The Morgan fingerprint density at radius 2 is 0.797 bits per heavy atom. The van der Waals surface area contributed by atoms with Gasteiger partial charge in [-0.05, 0) is 106 Å². The summed E-state index contributed by atoms with van der Waals surface area (Å²) in [5.41, 5.74) is 11.2. The molecule has 9 aromatic carbocycles. The standard InChI is InChI=1S/C54H36BNO2S/c1-5-17-37(18-6-1)39-29-32-48-43(35-39)55-44-36-40(38-19-7-2-8-20-38)30-33-49(44)58-54-47(31-34-50(57-48)53(54)55)56-45-25-13-15-27-51(45)59(41-21-9-3-10-22-41,42-23-11-4-12-24-42)52-28-16-14-26-46(52)56/h1-36H. The lowest BCUT2D eigenvalue weighted by Crippen LogP contribution is -2.57.